The highest BCUT2D eigenvalue weighted by atomic mass is 31.2. The Morgan fingerprint density at radius 2 is 1.04 bits per heavy atom. The van der Waals surface area contributed by atoms with E-state index in [1.54, 1.807) is 0 Å². The van der Waals surface area contributed by atoms with Crippen molar-refractivity contribution in [1.82, 2.24) is 0 Å². The number of rotatable bonds is 31. The Balaban J connectivity index is 2.58. The van der Waals surface area contributed by atoms with Crippen LogP contribution in [0.15, 0.2) is 60.8 Å². The second-order valence-corrected chi connectivity index (χ2v) is 15.2. The molecule has 1 saturated carbocycles. The van der Waals surface area contributed by atoms with E-state index in [1.165, 1.54) is 12.8 Å². The van der Waals surface area contributed by atoms with Crippen LogP contribution in [-0.4, -0.2) is 98.3 Å². The van der Waals surface area contributed by atoms with Gasteiger partial charge in [0.1, 0.15) is 43.2 Å². The molecule has 0 saturated heterocycles. The van der Waals surface area contributed by atoms with Crippen LogP contribution in [0.1, 0.15) is 129 Å². The molecule has 0 aliphatic heterocycles. The second kappa shape index (κ2) is 31.6. The highest BCUT2D eigenvalue weighted by Gasteiger charge is 2.51. The van der Waals surface area contributed by atoms with Crippen molar-refractivity contribution >= 4 is 19.8 Å². The maximum Gasteiger partial charge on any atom is 0.472 e. The summed E-state index contributed by atoms with van der Waals surface area (Å²) in [6, 6.07) is 0. The highest BCUT2D eigenvalue weighted by Crippen LogP contribution is 2.47. The molecule has 0 aromatic carbocycles. The van der Waals surface area contributed by atoms with E-state index in [0.717, 1.165) is 70.6 Å². The van der Waals surface area contributed by atoms with Crippen LogP contribution in [0.2, 0.25) is 0 Å². The van der Waals surface area contributed by atoms with Gasteiger partial charge in [-0.1, -0.05) is 107 Å². The van der Waals surface area contributed by atoms with Gasteiger partial charge in [-0.25, -0.2) is 4.57 Å². The zero-order valence-electron chi connectivity index (χ0n) is 32.9. The second-order valence-electron chi connectivity index (χ2n) is 13.7. The summed E-state index contributed by atoms with van der Waals surface area (Å²) < 4.78 is 33.3. The van der Waals surface area contributed by atoms with E-state index in [0.29, 0.717) is 19.3 Å². The number of unbranched alkanes of at least 4 members (excludes halogenated alkanes) is 9. The van der Waals surface area contributed by atoms with Crippen LogP contribution in [-0.2, 0) is 32.7 Å². The monoisotopic (exact) mass is 800 g/mol. The van der Waals surface area contributed by atoms with Gasteiger partial charge in [-0.3, -0.25) is 18.6 Å². The fourth-order valence-electron chi connectivity index (χ4n) is 5.55. The summed E-state index contributed by atoms with van der Waals surface area (Å²) >= 11 is 0. The third-order valence-electron chi connectivity index (χ3n) is 8.84. The molecule has 55 heavy (non-hydrogen) atoms. The number of aliphatic hydroxyl groups is 5. The fourth-order valence-corrected chi connectivity index (χ4v) is 6.52. The summed E-state index contributed by atoms with van der Waals surface area (Å²) in [6.45, 7) is 3.06. The highest BCUT2D eigenvalue weighted by molar-refractivity contribution is 7.47. The Kier molecular flexibility index (Phi) is 29.1. The van der Waals surface area contributed by atoms with Crippen molar-refractivity contribution in [3.63, 3.8) is 0 Å². The third-order valence-corrected chi connectivity index (χ3v) is 9.83. The third kappa shape index (κ3) is 24.7. The SMILES string of the molecule is CC/C=C\C/C=C\C/C=C\C/C=C\CCCCC(=O)OC(COC(=O)CCCCCCC/C=C\CCCC)COP(=O)(O)OC1C(O)C(O)C(O)C(O)C1O. The summed E-state index contributed by atoms with van der Waals surface area (Å²) in [7, 11) is -5.13. The molecule has 6 atom stereocenters. The van der Waals surface area contributed by atoms with Crippen molar-refractivity contribution in [2.45, 2.75) is 172 Å². The first-order valence-corrected chi connectivity index (χ1v) is 21.6. The first-order chi connectivity index (χ1) is 26.4. The molecular weight excluding hydrogens is 731 g/mol. The van der Waals surface area contributed by atoms with Gasteiger partial charge in [-0.15, -0.1) is 0 Å². The van der Waals surface area contributed by atoms with Crippen molar-refractivity contribution in [3.8, 4) is 0 Å². The summed E-state index contributed by atoms with van der Waals surface area (Å²) in [6.07, 6.45) is 23.0. The lowest BCUT2D eigenvalue weighted by atomic mass is 9.85. The molecule has 14 heteroatoms. The van der Waals surface area contributed by atoms with Crippen molar-refractivity contribution in [2.24, 2.45) is 0 Å². The minimum atomic E-state index is -5.13. The largest absolute Gasteiger partial charge is 0.472 e. The van der Waals surface area contributed by atoms with Crippen molar-refractivity contribution in [3.05, 3.63) is 60.8 Å². The first kappa shape index (κ1) is 50.6. The van der Waals surface area contributed by atoms with Crippen LogP contribution in [0.4, 0.5) is 0 Å². The van der Waals surface area contributed by atoms with Gasteiger partial charge < -0.3 is 39.9 Å². The van der Waals surface area contributed by atoms with Crippen molar-refractivity contribution in [2.75, 3.05) is 13.2 Å². The van der Waals surface area contributed by atoms with Gasteiger partial charge in [0, 0.05) is 12.8 Å². The van der Waals surface area contributed by atoms with Gasteiger partial charge in [0.15, 0.2) is 6.10 Å². The van der Waals surface area contributed by atoms with E-state index in [4.69, 9.17) is 18.5 Å². The minimum absolute atomic E-state index is 0.0400. The number of esters is 2. The number of phosphoric acid groups is 1. The van der Waals surface area contributed by atoms with E-state index in [1.807, 2.05) is 6.08 Å². The number of hydrogen-bond acceptors (Lipinski definition) is 12. The smallest absolute Gasteiger partial charge is 0.462 e. The molecule has 6 N–H and O–H groups in total. The number of ether oxygens (including phenoxy) is 2. The van der Waals surface area contributed by atoms with Crippen LogP contribution in [0.3, 0.4) is 0 Å². The van der Waals surface area contributed by atoms with Crippen molar-refractivity contribution in [1.29, 1.82) is 0 Å². The van der Waals surface area contributed by atoms with E-state index in [2.05, 4.69) is 68.5 Å². The molecule has 0 radical (unpaired) electrons. The zero-order chi connectivity index (χ0) is 40.7. The molecule has 316 valence electrons. The molecule has 0 bridgehead atoms. The number of phosphoric ester groups is 1. The minimum Gasteiger partial charge on any atom is -0.462 e. The molecule has 6 unspecified atom stereocenters. The molecule has 1 fully saturated rings. The Labute approximate surface area is 328 Å². The standard InChI is InChI=1S/C41H69O13P/c1-3-5-7-9-11-13-15-16-17-18-20-22-24-26-28-30-35(43)53-33(31-51-34(42)29-27-25-23-21-19-14-12-10-8-6-4-2)32-52-55(49,50)54-41-39(47)37(45)36(44)38(46)40(41)48/h5,7,10-13,16-17,20,22,33,36-41,44-48H,3-4,6,8-9,14-15,18-19,21,23-32H2,1-2H3,(H,49,50)/b7-5-,12-10-,13-11-,17-16-,22-20-. The predicted molar refractivity (Wildman–Crippen MR) is 212 cm³/mol. The van der Waals surface area contributed by atoms with Gasteiger partial charge in [0.2, 0.25) is 0 Å². The van der Waals surface area contributed by atoms with Gasteiger partial charge >= 0.3 is 19.8 Å². The van der Waals surface area contributed by atoms with Crippen LogP contribution < -0.4 is 0 Å². The molecule has 13 nitrogen and oxygen atoms in total. The number of carbonyl (C=O) groups is 2. The number of hydrogen-bond donors (Lipinski definition) is 6. The van der Waals surface area contributed by atoms with E-state index in [-0.39, 0.29) is 12.8 Å². The molecule has 1 aliphatic rings. The van der Waals surface area contributed by atoms with Gasteiger partial charge in [-0.05, 0) is 70.6 Å². The molecule has 0 aromatic rings. The van der Waals surface area contributed by atoms with Gasteiger partial charge in [0.25, 0.3) is 0 Å². The maximum absolute atomic E-state index is 12.7. The number of aliphatic hydroxyl groups excluding tert-OH is 5. The normalized spacial score (nSPS) is 23.7. The van der Waals surface area contributed by atoms with Crippen LogP contribution in [0.25, 0.3) is 0 Å². The molecular formula is C41H69O13P. The topological polar surface area (TPSA) is 210 Å². The van der Waals surface area contributed by atoms with Crippen molar-refractivity contribution < 1.29 is 63.1 Å². The van der Waals surface area contributed by atoms with Crippen LogP contribution >= 0.6 is 7.82 Å². The van der Waals surface area contributed by atoms with E-state index >= 15 is 0 Å². The van der Waals surface area contributed by atoms with Gasteiger partial charge in [0.05, 0.1) is 6.61 Å². The lowest BCUT2D eigenvalue weighted by Gasteiger charge is -2.41. The molecule has 0 amide bonds. The van der Waals surface area contributed by atoms with Crippen LogP contribution in [0, 0.1) is 0 Å². The Morgan fingerprint density at radius 3 is 1.64 bits per heavy atom. The average Bonchev–Trinajstić information content (AvgIpc) is 3.16. The summed E-state index contributed by atoms with van der Waals surface area (Å²) in [5.74, 6) is -1.17. The van der Waals surface area contributed by atoms with E-state index < -0.39 is 75.7 Å². The lowest BCUT2D eigenvalue weighted by Crippen LogP contribution is -2.64. The maximum atomic E-state index is 12.7. The summed E-state index contributed by atoms with van der Waals surface area (Å²) in [5, 5.41) is 50.0. The Hall–Kier alpha value is -2.45. The predicted octanol–water partition coefficient (Wildman–Crippen LogP) is 6.60. The van der Waals surface area contributed by atoms with Crippen LogP contribution in [0.5, 0.6) is 0 Å². The molecule has 0 heterocycles. The lowest BCUT2D eigenvalue weighted by molar-refractivity contribution is -0.220. The Morgan fingerprint density at radius 1 is 0.582 bits per heavy atom. The molecule has 1 rings (SSSR count). The Bertz CT molecular complexity index is 1200. The zero-order valence-corrected chi connectivity index (χ0v) is 33.8. The average molecular weight is 801 g/mol. The van der Waals surface area contributed by atoms with E-state index in [9.17, 15) is 44.6 Å². The van der Waals surface area contributed by atoms with Gasteiger partial charge in [-0.2, -0.15) is 0 Å². The fraction of sp³-hybridized carbons (Fsp3) is 0.707. The number of allylic oxidation sites excluding steroid dienone is 10. The molecule has 1 aliphatic carbocycles. The summed E-state index contributed by atoms with van der Waals surface area (Å²) in [4.78, 5) is 35.5. The summed E-state index contributed by atoms with van der Waals surface area (Å²) in [5.41, 5.74) is 0. The quantitative estimate of drug-likeness (QED) is 0.0189. The molecule has 0 spiro atoms. The first-order valence-electron chi connectivity index (χ1n) is 20.1. The number of carbonyl (C=O) groups excluding carboxylic acids is 2. The molecule has 0 aromatic heterocycles.